The Kier molecular flexibility index (Phi) is 13.1. The third kappa shape index (κ3) is 9.62. The van der Waals surface area contributed by atoms with Crippen molar-refractivity contribution in [1.82, 2.24) is 57.6 Å². The van der Waals surface area contributed by atoms with E-state index in [2.05, 4.69) is 86.8 Å². The van der Waals surface area contributed by atoms with Crippen LogP contribution < -0.4 is 11.5 Å². The van der Waals surface area contributed by atoms with E-state index in [1.165, 1.54) is 17.7 Å². The van der Waals surface area contributed by atoms with Crippen LogP contribution in [-0.4, -0.2) is 140 Å². The maximum Gasteiger partial charge on any atom is 0.213 e. The summed E-state index contributed by atoms with van der Waals surface area (Å²) < 4.78 is 58.4. The normalized spacial score (nSPS) is 16.7. The number of aromatic nitrogens is 8. The molecular weight excluding hydrogens is 1030 g/mol. The van der Waals surface area contributed by atoms with Crippen LogP contribution in [0.3, 0.4) is 0 Å². The Labute approximate surface area is 404 Å². The Morgan fingerprint density at radius 2 is 1.13 bits per heavy atom. The van der Waals surface area contributed by atoms with E-state index in [-0.39, 0.29) is 11.6 Å². The molecule has 10 rings (SSSR count). The molecule has 0 radical (unpaired) electrons. The van der Waals surface area contributed by atoms with Crippen LogP contribution >= 0.6 is 31.9 Å². The van der Waals surface area contributed by atoms with Gasteiger partial charge in [0, 0.05) is 127 Å². The molecule has 2 aromatic carbocycles. The molecule has 0 spiro atoms. The molecule has 6 aromatic heterocycles. The minimum Gasteiger partial charge on any atom is -0.383 e. The third-order valence-electron chi connectivity index (χ3n) is 12.2. The second-order valence-electron chi connectivity index (χ2n) is 16.8. The number of aryl methyl sites for hydroxylation is 1. The summed E-state index contributed by atoms with van der Waals surface area (Å²) in [4.78, 5) is 23.3. The summed E-state index contributed by atoms with van der Waals surface area (Å²) in [7, 11) is -5.36. The molecule has 22 heteroatoms. The van der Waals surface area contributed by atoms with Crippen molar-refractivity contribution in [2.24, 2.45) is 0 Å². The molecule has 0 bridgehead atoms. The first kappa shape index (κ1) is 46.9. The van der Waals surface area contributed by atoms with Crippen LogP contribution in [0.2, 0.25) is 0 Å². The van der Waals surface area contributed by atoms with Crippen molar-refractivity contribution in [2.75, 3.05) is 75.8 Å². The number of pyridine rings is 2. The van der Waals surface area contributed by atoms with Crippen LogP contribution in [0.25, 0.3) is 55.4 Å². The van der Waals surface area contributed by atoms with Gasteiger partial charge in [-0.25, -0.2) is 27.1 Å². The topological polar surface area (TPSA) is 202 Å². The molecule has 350 valence electrons. The van der Waals surface area contributed by atoms with Gasteiger partial charge in [-0.3, -0.25) is 24.0 Å². The van der Waals surface area contributed by atoms with Gasteiger partial charge in [-0.15, -0.1) is 0 Å². The zero-order valence-corrected chi connectivity index (χ0v) is 41.9. The number of piperazine rings is 2. The van der Waals surface area contributed by atoms with E-state index < -0.39 is 19.7 Å². The van der Waals surface area contributed by atoms with E-state index in [4.69, 9.17) is 21.4 Å². The van der Waals surface area contributed by atoms with Gasteiger partial charge in [0.1, 0.15) is 17.5 Å². The first-order valence-corrected chi connectivity index (χ1v) is 26.8. The fourth-order valence-corrected chi connectivity index (χ4v) is 11.2. The van der Waals surface area contributed by atoms with E-state index in [1.54, 1.807) is 51.2 Å². The standard InChI is InChI=1S/C23H26BrN7O2S.C22H23BrFN7OS/c1-3-34(32,33)30-8-6-29(7-9-30)14-20-21(24)22(25)31-23(28-20)18(13-27-31)17-11-16-10-15(2)4-5-19(16)26-12-17;1-33(2,32)30-7-5-29(6-8-30)13-19-20(23)21(25)31-22(28-19)17(12-27-31)15-9-14-10-16(24)3-4-18(14)26-11-15/h4-5,10-13H,3,6-9,14,25H2,1-2H3;3-4,9-12H,1,5-8,13,25H2,2H3. The number of anilines is 2. The smallest absolute Gasteiger partial charge is 0.213 e. The van der Waals surface area contributed by atoms with Crippen molar-refractivity contribution in [3.63, 3.8) is 0 Å². The van der Waals surface area contributed by atoms with Crippen molar-refractivity contribution < 1.29 is 17.0 Å². The lowest BCUT2D eigenvalue weighted by molar-refractivity contribution is 0.180. The van der Waals surface area contributed by atoms with Gasteiger partial charge in [0.15, 0.2) is 11.3 Å². The molecular formula is C45H49Br2FN14O3S2. The molecule has 1 unspecified atom stereocenters. The molecule has 8 heterocycles. The molecule has 2 aliphatic heterocycles. The minimum atomic E-state index is -3.16. The minimum absolute atomic E-state index is 0.125. The average Bonchev–Trinajstić information content (AvgIpc) is 3.94. The number of fused-ring (bicyclic) bond motifs is 4. The first-order chi connectivity index (χ1) is 32.0. The molecule has 0 amide bonds. The summed E-state index contributed by atoms with van der Waals surface area (Å²) in [6.45, 7) is 9.99. The highest BCUT2D eigenvalue weighted by atomic mass is 79.9. The van der Waals surface area contributed by atoms with Gasteiger partial charge in [-0.1, -0.05) is 11.6 Å². The van der Waals surface area contributed by atoms with Crippen LogP contribution in [0.15, 0.2) is 82.3 Å². The summed E-state index contributed by atoms with van der Waals surface area (Å²) in [5, 5.41) is 10.6. The number of nitrogen functional groups attached to an aromatic ring is 2. The van der Waals surface area contributed by atoms with E-state index in [0.29, 0.717) is 95.1 Å². The van der Waals surface area contributed by atoms with Crippen LogP contribution in [0.4, 0.5) is 16.0 Å². The van der Waals surface area contributed by atoms with Crippen molar-refractivity contribution in [2.45, 2.75) is 26.9 Å². The van der Waals surface area contributed by atoms with Gasteiger partial charge in [0.2, 0.25) is 10.0 Å². The maximum atomic E-state index is 13.7. The number of halogens is 3. The predicted octanol–water partition coefficient (Wildman–Crippen LogP) is 5.87. The first-order valence-electron chi connectivity index (χ1n) is 21.5. The SMILES string of the molecule is C=S(C)(=O)N1CCN(Cc2nc3c(-c4cnc5ccc(F)cc5c4)cnn3c(N)c2Br)CC1.CCS(=O)(=O)N1CCN(Cc2nc3c(-c4cnc5ccc(C)cc5c4)cnn3c(N)c2Br)CC1. The summed E-state index contributed by atoms with van der Waals surface area (Å²) in [5.41, 5.74) is 21.8. The predicted molar refractivity (Wildman–Crippen MR) is 271 cm³/mol. The van der Waals surface area contributed by atoms with Gasteiger partial charge < -0.3 is 11.5 Å². The summed E-state index contributed by atoms with van der Waals surface area (Å²) in [6, 6.07) is 14.7. The molecule has 17 nitrogen and oxygen atoms in total. The monoisotopic (exact) mass is 1070 g/mol. The van der Waals surface area contributed by atoms with Crippen LogP contribution in [0, 0.1) is 12.7 Å². The third-order valence-corrected chi connectivity index (χ3v) is 17.3. The number of nitrogens with zero attached hydrogens (tertiary/aromatic N) is 12. The zero-order valence-electron chi connectivity index (χ0n) is 37.1. The maximum absolute atomic E-state index is 13.7. The molecule has 4 N–H and O–H groups in total. The number of nitrogens with two attached hydrogens (primary N) is 2. The number of rotatable bonds is 9. The molecule has 2 fully saturated rings. The molecule has 0 saturated carbocycles. The second kappa shape index (κ2) is 18.7. The van der Waals surface area contributed by atoms with Gasteiger partial charge in [-0.05, 0) is 94.0 Å². The van der Waals surface area contributed by atoms with Crippen molar-refractivity contribution >= 4 is 102 Å². The van der Waals surface area contributed by atoms with Crippen LogP contribution in [-0.2, 0) is 32.8 Å². The van der Waals surface area contributed by atoms with Crippen LogP contribution in [0.5, 0.6) is 0 Å². The molecule has 8 aromatic rings. The Morgan fingerprint density at radius 1 is 0.672 bits per heavy atom. The van der Waals surface area contributed by atoms with Gasteiger partial charge in [0.05, 0.1) is 49.5 Å². The highest BCUT2D eigenvalue weighted by molar-refractivity contribution is 9.11. The number of benzene rings is 2. The second-order valence-corrected chi connectivity index (χ2v) is 23.1. The molecule has 0 aliphatic carbocycles. The highest BCUT2D eigenvalue weighted by Crippen LogP contribution is 2.33. The van der Waals surface area contributed by atoms with Gasteiger partial charge >= 0.3 is 0 Å². The van der Waals surface area contributed by atoms with Crippen molar-refractivity contribution in [3.8, 4) is 22.3 Å². The van der Waals surface area contributed by atoms with Crippen molar-refractivity contribution in [1.29, 1.82) is 0 Å². The summed E-state index contributed by atoms with van der Waals surface area (Å²) in [5.74, 6) is 4.52. The zero-order chi connectivity index (χ0) is 47.4. The Bertz CT molecular complexity index is 3430. The van der Waals surface area contributed by atoms with E-state index in [0.717, 1.165) is 57.6 Å². The Morgan fingerprint density at radius 3 is 1.61 bits per heavy atom. The molecule has 67 heavy (non-hydrogen) atoms. The van der Waals surface area contributed by atoms with Crippen molar-refractivity contribution in [3.05, 3.63) is 105 Å². The Balaban J connectivity index is 0.000000168. The summed E-state index contributed by atoms with van der Waals surface area (Å²) >= 11 is 7.18. The Hall–Kier alpha value is -5.20. The summed E-state index contributed by atoms with van der Waals surface area (Å²) in [6.07, 6.45) is 8.70. The fraction of sp³-hybridized carbons (Fsp3) is 0.311. The van der Waals surface area contributed by atoms with E-state index in [9.17, 15) is 17.0 Å². The molecule has 1 atom stereocenters. The number of hydrogen-bond donors (Lipinski definition) is 2. The lowest BCUT2D eigenvalue weighted by Crippen LogP contribution is -2.48. The molecule has 2 aliphatic rings. The number of hydrogen-bond acceptors (Lipinski definition) is 13. The molecule has 2 saturated heterocycles. The van der Waals surface area contributed by atoms with Gasteiger partial charge in [0.25, 0.3) is 0 Å². The average molecular weight is 1080 g/mol. The fourth-order valence-electron chi connectivity index (χ4n) is 8.40. The highest BCUT2D eigenvalue weighted by Gasteiger charge is 2.28. The quantitative estimate of drug-likeness (QED) is 0.163. The largest absolute Gasteiger partial charge is 0.383 e. The van der Waals surface area contributed by atoms with E-state index in [1.807, 2.05) is 28.7 Å². The number of sulfonamides is 1. The van der Waals surface area contributed by atoms with E-state index >= 15 is 0 Å². The van der Waals surface area contributed by atoms with Gasteiger partial charge in [-0.2, -0.15) is 23.5 Å². The lowest BCUT2D eigenvalue weighted by Gasteiger charge is -2.35. The van der Waals surface area contributed by atoms with Crippen LogP contribution in [0.1, 0.15) is 23.9 Å². The lowest BCUT2D eigenvalue weighted by atomic mass is 10.1.